The highest BCUT2D eigenvalue weighted by molar-refractivity contribution is 4.99. The van der Waals surface area contributed by atoms with Crippen molar-refractivity contribution in [2.75, 3.05) is 46.3 Å². The first-order valence-corrected chi connectivity index (χ1v) is 6.92. The van der Waals surface area contributed by atoms with Crippen LogP contribution in [-0.2, 0) is 13.1 Å². The second-order valence-electron chi connectivity index (χ2n) is 4.96. The van der Waals surface area contributed by atoms with Gasteiger partial charge in [0.15, 0.2) is 0 Å². The second-order valence-corrected chi connectivity index (χ2v) is 4.96. The van der Waals surface area contributed by atoms with Crippen molar-refractivity contribution >= 4 is 0 Å². The molecule has 1 aromatic rings. The maximum atomic E-state index is 4.27. The monoisotopic (exact) mass is 251 g/mol. The van der Waals surface area contributed by atoms with Crippen molar-refractivity contribution in [2.45, 2.75) is 20.0 Å². The molecule has 1 aliphatic rings. The molecule has 0 aromatic carbocycles. The Bertz CT molecular complexity index is 341. The van der Waals surface area contributed by atoms with E-state index in [-0.39, 0.29) is 0 Å². The Balaban J connectivity index is 1.61. The summed E-state index contributed by atoms with van der Waals surface area (Å²) in [5.74, 6) is 0. The van der Waals surface area contributed by atoms with Crippen LogP contribution in [-0.4, -0.2) is 65.9 Å². The van der Waals surface area contributed by atoms with Crippen LogP contribution in [0.5, 0.6) is 0 Å². The molecule has 0 bridgehead atoms. The fourth-order valence-electron chi connectivity index (χ4n) is 2.32. The Kier molecular flexibility index (Phi) is 5.16. The number of hydrogen-bond acceptors (Lipinski definition) is 4. The summed E-state index contributed by atoms with van der Waals surface area (Å²) in [6, 6.07) is 2.09. The van der Waals surface area contributed by atoms with Crippen molar-refractivity contribution in [2.24, 2.45) is 0 Å². The lowest BCUT2D eigenvalue weighted by Crippen LogP contribution is -2.46. The molecule has 0 aliphatic carbocycles. The Labute approximate surface area is 110 Å². The molecule has 2 rings (SSSR count). The minimum absolute atomic E-state index is 0.918. The molecular weight excluding hydrogens is 226 g/mol. The summed E-state index contributed by atoms with van der Waals surface area (Å²) in [4.78, 5) is 4.92. The zero-order valence-electron chi connectivity index (χ0n) is 11.6. The number of likely N-dealkylation sites (N-methyl/N-ethyl adjacent to an activating group) is 1. The third-order valence-electron chi connectivity index (χ3n) is 3.61. The number of rotatable bonds is 6. The number of piperazine rings is 1. The largest absolute Gasteiger partial charge is 0.310 e. The highest BCUT2D eigenvalue weighted by atomic mass is 15.3. The molecule has 0 radical (unpaired) electrons. The van der Waals surface area contributed by atoms with E-state index in [1.807, 2.05) is 10.9 Å². The van der Waals surface area contributed by atoms with Crippen LogP contribution >= 0.6 is 0 Å². The van der Waals surface area contributed by atoms with E-state index in [4.69, 9.17) is 0 Å². The average molecular weight is 251 g/mol. The van der Waals surface area contributed by atoms with Crippen LogP contribution in [0.25, 0.3) is 0 Å². The van der Waals surface area contributed by atoms with Gasteiger partial charge in [0.05, 0.1) is 5.69 Å². The fraction of sp³-hybridized carbons (Fsp3) is 0.769. The molecular formula is C13H25N5. The van der Waals surface area contributed by atoms with Gasteiger partial charge >= 0.3 is 0 Å². The standard InChI is InChI=1S/C13H25N5/c1-3-18-13(4-5-15-18)12-14-6-7-17-10-8-16(2)9-11-17/h4-5,14H,3,6-12H2,1-2H3. The SMILES string of the molecule is CCn1nccc1CNCCN1CCN(C)CC1. The minimum Gasteiger partial charge on any atom is -0.310 e. The molecule has 0 amide bonds. The Morgan fingerprint density at radius 3 is 2.78 bits per heavy atom. The van der Waals surface area contributed by atoms with Crippen molar-refractivity contribution in [3.63, 3.8) is 0 Å². The van der Waals surface area contributed by atoms with Gasteiger partial charge in [-0.3, -0.25) is 9.58 Å². The number of aromatic nitrogens is 2. The summed E-state index contributed by atoms with van der Waals surface area (Å²) in [5, 5.41) is 7.78. The molecule has 1 saturated heterocycles. The molecule has 2 heterocycles. The van der Waals surface area contributed by atoms with E-state index in [2.05, 4.69) is 40.3 Å². The van der Waals surface area contributed by atoms with E-state index < -0.39 is 0 Å². The van der Waals surface area contributed by atoms with E-state index in [1.54, 1.807) is 0 Å². The first-order valence-electron chi connectivity index (χ1n) is 6.92. The van der Waals surface area contributed by atoms with Gasteiger partial charge in [0, 0.05) is 58.6 Å². The van der Waals surface area contributed by atoms with E-state index >= 15 is 0 Å². The van der Waals surface area contributed by atoms with Crippen LogP contribution in [0, 0.1) is 0 Å². The maximum absolute atomic E-state index is 4.27. The van der Waals surface area contributed by atoms with Crippen LogP contribution < -0.4 is 5.32 Å². The maximum Gasteiger partial charge on any atom is 0.0521 e. The van der Waals surface area contributed by atoms with E-state index in [0.29, 0.717) is 0 Å². The van der Waals surface area contributed by atoms with Crippen molar-refractivity contribution in [1.29, 1.82) is 0 Å². The predicted molar refractivity (Wildman–Crippen MR) is 73.5 cm³/mol. The molecule has 1 aromatic heterocycles. The second kappa shape index (κ2) is 6.87. The van der Waals surface area contributed by atoms with Crippen molar-refractivity contribution in [3.8, 4) is 0 Å². The molecule has 5 heteroatoms. The Morgan fingerprint density at radius 1 is 1.28 bits per heavy atom. The summed E-state index contributed by atoms with van der Waals surface area (Å²) in [7, 11) is 2.20. The third-order valence-corrected chi connectivity index (χ3v) is 3.61. The predicted octanol–water partition coefficient (Wildman–Crippen LogP) is 0.240. The van der Waals surface area contributed by atoms with Gasteiger partial charge in [-0.2, -0.15) is 5.10 Å². The Morgan fingerprint density at radius 2 is 2.06 bits per heavy atom. The number of aryl methyl sites for hydroxylation is 1. The fourth-order valence-corrected chi connectivity index (χ4v) is 2.32. The third kappa shape index (κ3) is 3.80. The van der Waals surface area contributed by atoms with Crippen molar-refractivity contribution in [1.82, 2.24) is 24.9 Å². The van der Waals surface area contributed by atoms with Gasteiger partial charge in [-0.25, -0.2) is 0 Å². The van der Waals surface area contributed by atoms with Crippen LogP contribution in [0.2, 0.25) is 0 Å². The average Bonchev–Trinajstić information content (AvgIpc) is 2.84. The topological polar surface area (TPSA) is 36.3 Å². The minimum atomic E-state index is 0.918. The van der Waals surface area contributed by atoms with Gasteiger partial charge in [-0.15, -0.1) is 0 Å². The zero-order valence-corrected chi connectivity index (χ0v) is 11.6. The van der Waals surface area contributed by atoms with Gasteiger partial charge in [0.2, 0.25) is 0 Å². The highest BCUT2D eigenvalue weighted by Gasteiger charge is 2.12. The lowest BCUT2D eigenvalue weighted by Gasteiger charge is -2.32. The molecule has 102 valence electrons. The number of nitrogens with one attached hydrogen (secondary N) is 1. The lowest BCUT2D eigenvalue weighted by atomic mass is 10.3. The number of nitrogens with zero attached hydrogens (tertiary/aromatic N) is 4. The molecule has 5 nitrogen and oxygen atoms in total. The molecule has 18 heavy (non-hydrogen) atoms. The van der Waals surface area contributed by atoms with Gasteiger partial charge in [0.25, 0.3) is 0 Å². The summed E-state index contributed by atoms with van der Waals surface area (Å²) in [6.07, 6.45) is 1.88. The zero-order chi connectivity index (χ0) is 12.8. The molecule has 1 fully saturated rings. The van der Waals surface area contributed by atoms with E-state index in [0.717, 1.165) is 26.2 Å². The Hall–Kier alpha value is -0.910. The molecule has 0 spiro atoms. The molecule has 0 saturated carbocycles. The van der Waals surface area contributed by atoms with E-state index in [1.165, 1.54) is 31.9 Å². The first kappa shape index (κ1) is 13.5. The van der Waals surface area contributed by atoms with Crippen molar-refractivity contribution < 1.29 is 0 Å². The summed E-state index contributed by atoms with van der Waals surface area (Å²) in [5.41, 5.74) is 1.27. The summed E-state index contributed by atoms with van der Waals surface area (Å²) < 4.78 is 2.04. The van der Waals surface area contributed by atoms with E-state index in [9.17, 15) is 0 Å². The summed E-state index contributed by atoms with van der Waals surface area (Å²) in [6.45, 7) is 11.0. The highest BCUT2D eigenvalue weighted by Crippen LogP contribution is 1.99. The molecule has 1 aliphatic heterocycles. The normalized spacial score (nSPS) is 18.3. The number of hydrogen-bond donors (Lipinski definition) is 1. The smallest absolute Gasteiger partial charge is 0.0521 e. The quantitative estimate of drug-likeness (QED) is 0.735. The van der Waals surface area contributed by atoms with Crippen LogP contribution in [0.1, 0.15) is 12.6 Å². The van der Waals surface area contributed by atoms with Gasteiger partial charge in [0.1, 0.15) is 0 Å². The molecule has 0 atom stereocenters. The van der Waals surface area contributed by atoms with Crippen LogP contribution in [0.3, 0.4) is 0 Å². The molecule has 0 unspecified atom stereocenters. The van der Waals surface area contributed by atoms with Gasteiger partial charge in [-0.05, 0) is 20.0 Å². The lowest BCUT2D eigenvalue weighted by molar-refractivity contribution is 0.154. The van der Waals surface area contributed by atoms with Crippen LogP contribution in [0.4, 0.5) is 0 Å². The van der Waals surface area contributed by atoms with Gasteiger partial charge < -0.3 is 10.2 Å². The van der Waals surface area contributed by atoms with Crippen molar-refractivity contribution in [3.05, 3.63) is 18.0 Å². The first-order chi connectivity index (χ1) is 8.79. The van der Waals surface area contributed by atoms with Gasteiger partial charge in [-0.1, -0.05) is 0 Å². The summed E-state index contributed by atoms with van der Waals surface area (Å²) >= 11 is 0. The molecule has 1 N–H and O–H groups in total. The van der Waals surface area contributed by atoms with Crippen LogP contribution in [0.15, 0.2) is 12.3 Å².